The summed E-state index contributed by atoms with van der Waals surface area (Å²) in [4.78, 5) is 0. The van der Waals surface area contributed by atoms with E-state index in [1.54, 1.807) is 0 Å². The van der Waals surface area contributed by atoms with Gasteiger partial charge in [-0.3, -0.25) is 0 Å². The van der Waals surface area contributed by atoms with Crippen molar-refractivity contribution in [3.05, 3.63) is 0 Å². The third-order valence-electron chi connectivity index (χ3n) is 2.38. The van der Waals surface area contributed by atoms with Crippen molar-refractivity contribution in [1.82, 2.24) is 0 Å². The van der Waals surface area contributed by atoms with Crippen LogP contribution >= 0.6 is 11.8 Å². The highest BCUT2D eigenvalue weighted by molar-refractivity contribution is 7.99. The molecule has 0 N–H and O–H groups in total. The molecular formula is C8H16S. The molecule has 1 fully saturated rings. The van der Waals surface area contributed by atoms with Crippen molar-refractivity contribution in [2.24, 2.45) is 11.8 Å². The minimum atomic E-state index is 0.997. The van der Waals surface area contributed by atoms with Crippen LogP contribution in [0, 0.1) is 11.8 Å². The Balaban J connectivity index is 2.30. The average molecular weight is 144 g/mol. The van der Waals surface area contributed by atoms with E-state index in [0.717, 1.165) is 11.8 Å². The predicted molar refractivity (Wildman–Crippen MR) is 44.9 cm³/mol. The standard InChI is InChI=1S/C8H16S/c1-3-8-6-9-5-4-7(8)2/h7-8H,3-6H2,1-2H3/t7-,8?/m1/s1. The van der Waals surface area contributed by atoms with Crippen molar-refractivity contribution in [2.45, 2.75) is 26.7 Å². The van der Waals surface area contributed by atoms with Crippen molar-refractivity contribution >= 4 is 11.8 Å². The van der Waals surface area contributed by atoms with E-state index in [4.69, 9.17) is 0 Å². The first-order chi connectivity index (χ1) is 4.34. The summed E-state index contributed by atoms with van der Waals surface area (Å²) in [6.07, 6.45) is 2.83. The normalized spacial score (nSPS) is 36.7. The third kappa shape index (κ3) is 1.89. The van der Waals surface area contributed by atoms with Crippen molar-refractivity contribution in [1.29, 1.82) is 0 Å². The van der Waals surface area contributed by atoms with E-state index in [-0.39, 0.29) is 0 Å². The molecule has 0 bridgehead atoms. The summed E-state index contributed by atoms with van der Waals surface area (Å²) in [6.45, 7) is 4.71. The lowest BCUT2D eigenvalue weighted by Crippen LogP contribution is -2.19. The summed E-state index contributed by atoms with van der Waals surface area (Å²) >= 11 is 2.13. The van der Waals surface area contributed by atoms with Gasteiger partial charge >= 0.3 is 0 Å². The third-order valence-corrected chi connectivity index (χ3v) is 3.57. The number of hydrogen-bond acceptors (Lipinski definition) is 1. The van der Waals surface area contributed by atoms with E-state index in [1.807, 2.05) is 0 Å². The Morgan fingerprint density at radius 1 is 1.56 bits per heavy atom. The molecule has 1 heterocycles. The van der Waals surface area contributed by atoms with Crippen LogP contribution < -0.4 is 0 Å². The van der Waals surface area contributed by atoms with Crippen LogP contribution in [0.15, 0.2) is 0 Å². The molecule has 2 atom stereocenters. The molecule has 0 aliphatic carbocycles. The summed E-state index contributed by atoms with van der Waals surface area (Å²) < 4.78 is 0. The monoisotopic (exact) mass is 144 g/mol. The highest BCUT2D eigenvalue weighted by Crippen LogP contribution is 2.29. The van der Waals surface area contributed by atoms with E-state index in [0.29, 0.717) is 0 Å². The van der Waals surface area contributed by atoms with Gasteiger partial charge in [-0.1, -0.05) is 20.3 Å². The van der Waals surface area contributed by atoms with Gasteiger partial charge in [-0.2, -0.15) is 11.8 Å². The molecule has 1 heteroatoms. The van der Waals surface area contributed by atoms with Crippen LogP contribution in [0.3, 0.4) is 0 Å². The smallest absolute Gasteiger partial charge is 0.00367 e. The molecule has 9 heavy (non-hydrogen) atoms. The van der Waals surface area contributed by atoms with E-state index in [1.165, 1.54) is 24.3 Å². The maximum Gasteiger partial charge on any atom is -0.00367 e. The number of thioether (sulfide) groups is 1. The zero-order valence-electron chi connectivity index (χ0n) is 6.39. The maximum absolute atomic E-state index is 2.40. The van der Waals surface area contributed by atoms with Gasteiger partial charge in [-0.05, 0) is 29.8 Å². The molecule has 1 aliphatic rings. The highest BCUT2D eigenvalue weighted by atomic mass is 32.2. The topological polar surface area (TPSA) is 0 Å². The van der Waals surface area contributed by atoms with E-state index < -0.39 is 0 Å². The first-order valence-corrected chi connectivity index (χ1v) is 5.07. The van der Waals surface area contributed by atoms with Crippen LogP contribution in [0.4, 0.5) is 0 Å². The molecule has 0 radical (unpaired) electrons. The van der Waals surface area contributed by atoms with Crippen molar-refractivity contribution in [3.63, 3.8) is 0 Å². The van der Waals surface area contributed by atoms with Gasteiger partial charge in [0.05, 0.1) is 0 Å². The Morgan fingerprint density at radius 2 is 2.33 bits per heavy atom. The minimum Gasteiger partial charge on any atom is -0.162 e. The van der Waals surface area contributed by atoms with Gasteiger partial charge in [0.2, 0.25) is 0 Å². The summed E-state index contributed by atoms with van der Waals surface area (Å²) in [5.74, 6) is 4.83. The maximum atomic E-state index is 2.40. The SMILES string of the molecule is CCC1CSCC[C@H]1C. The Bertz CT molecular complexity index is 80.6. The summed E-state index contributed by atoms with van der Waals surface area (Å²) in [7, 11) is 0. The van der Waals surface area contributed by atoms with E-state index in [2.05, 4.69) is 25.6 Å². The molecular weight excluding hydrogens is 128 g/mol. The van der Waals surface area contributed by atoms with Crippen LogP contribution in [-0.4, -0.2) is 11.5 Å². The quantitative estimate of drug-likeness (QED) is 0.545. The second kappa shape index (κ2) is 3.50. The zero-order chi connectivity index (χ0) is 6.69. The van der Waals surface area contributed by atoms with Crippen molar-refractivity contribution in [3.8, 4) is 0 Å². The highest BCUT2D eigenvalue weighted by Gasteiger charge is 2.18. The molecule has 1 rings (SSSR count). The molecule has 1 unspecified atom stereocenters. The largest absolute Gasteiger partial charge is 0.162 e. The summed E-state index contributed by atoms with van der Waals surface area (Å²) in [5, 5.41) is 0. The van der Waals surface area contributed by atoms with Crippen molar-refractivity contribution in [2.75, 3.05) is 11.5 Å². The van der Waals surface area contributed by atoms with Crippen LogP contribution in [0.5, 0.6) is 0 Å². The Labute approximate surface area is 62.4 Å². The first-order valence-electron chi connectivity index (χ1n) is 3.92. The van der Waals surface area contributed by atoms with Gasteiger partial charge in [-0.25, -0.2) is 0 Å². The number of hydrogen-bond donors (Lipinski definition) is 0. The van der Waals surface area contributed by atoms with E-state index in [9.17, 15) is 0 Å². The van der Waals surface area contributed by atoms with Gasteiger partial charge in [0.1, 0.15) is 0 Å². The fourth-order valence-corrected chi connectivity index (χ4v) is 3.00. The molecule has 1 saturated heterocycles. The molecule has 0 saturated carbocycles. The van der Waals surface area contributed by atoms with Crippen LogP contribution in [0.2, 0.25) is 0 Å². The van der Waals surface area contributed by atoms with Crippen LogP contribution in [0.1, 0.15) is 26.7 Å². The summed E-state index contributed by atoms with van der Waals surface area (Å²) in [6, 6.07) is 0. The lowest BCUT2D eigenvalue weighted by atomic mass is 9.91. The fraction of sp³-hybridized carbons (Fsp3) is 1.00. The Morgan fingerprint density at radius 3 is 2.78 bits per heavy atom. The van der Waals surface area contributed by atoms with Crippen molar-refractivity contribution < 1.29 is 0 Å². The molecule has 54 valence electrons. The zero-order valence-corrected chi connectivity index (χ0v) is 7.21. The molecule has 1 aliphatic heterocycles. The van der Waals surface area contributed by atoms with Gasteiger partial charge in [0.25, 0.3) is 0 Å². The molecule has 0 amide bonds. The molecule has 0 aromatic rings. The van der Waals surface area contributed by atoms with Gasteiger partial charge in [-0.15, -0.1) is 0 Å². The Kier molecular flexibility index (Phi) is 2.90. The average Bonchev–Trinajstić information content (AvgIpc) is 1.89. The first kappa shape index (κ1) is 7.46. The molecule has 0 aromatic carbocycles. The lowest BCUT2D eigenvalue weighted by molar-refractivity contribution is 0.366. The lowest BCUT2D eigenvalue weighted by Gasteiger charge is -2.26. The van der Waals surface area contributed by atoms with E-state index >= 15 is 0 Å². The summed E-state index contributed by atoms with van der Waals surface area (Å²) in [5.41, 5.74) is 0. The van der Waals surface area contributed by atoms with Crippen LogP contribution in [0.25, 0.3) is 0 Å². The van der Waals surface area contributed by atoms with Crippen LogP contribution in [-0.2, 0) is 0 Å². The molecule has 0 nitrogen and oxygen atoms in total. The predicted octanol–water partition coefficient (Wildman–Crippen LogP) is 2.79. The minimum absolute atomic E-state index is 0.997. The van der Waals surface area contributed by atoms with Gasteiger partial charge in [0, 0.05) is 0 Å². The second-order valence-electron chi connectivity index (χ2n) is 3.01. The molecule has 0 aromatic heterocycles. The van der Waals surface area contributed by atoms with Gasteiger partial charge in [0.15, 0.2) is 0 Å². The molecule has 0 spiro atoms. The van der Waals surface area contributed by atoms with Gasteiger partial charge < -0.3 is 0 Å². The fourth-order valence-electron chi connectivity index (χ4n) is 1.42. The Hall–Kier alpha value is 0.350. The number of rotatable bonds is 1. The second-order valence-corrected chi connectivity index (χ2v) is 4.16.